The number of anilines is 1. The molecule has 3 rings (SSSR count). The molecule has 170 valence electrons. The van der Waals surface area contributed by atoms with Gasteiger partial charge in [0.2, 0.25) is 5.89 Å². The molecule has 0 saturated carbocycles. The molecule has 0 aliphatic heterocycles. The summed E-state index contributed by atoms with van der Waals surface area (Å²) in [6.07, 6.45) is -9.91. The zero-order valence-electron chi connectivity index (χ0n) is 15.9. The van der Waals surface area contributed by atoms with Gasteiger partial charge in [0.1, 0.15) is 6.26 Å². The average Bonchev–Trinajstić information content (AvgIpc) is 3.21. The van der Waals surface area contributed by atoms with E-state index in [0.29, 0.717) is 12.1 Å². The fraction of sp³-hybridized carbons (Fsp3) is 0.200. The van der Waals surface area contributed by atoms with Crippen molar-refractivity contribution in [3.63, 3.8) is 0 Å². The Labute approximate surface area is 181 Å². The van der Waals surface area contributed by atoms with Gasteiger partial charge in [0.15, 0.2) is 0 Å². The van der Waals surface area contributed by atoms with Crippen LogP contribution in [0.1, 0.15) is 21.5 Å². The SMILES string of the molecule is Cc1cc(C(F)(C(F)(F)F)C(F)(F)F)ccc1NC(=O)c1c(Cl)cccc1-c1ncco1. The van der Waals surface area contributed by atoms with E-state index in [1.807, 2.05) is 0 Å². The Morgan fingerprint density at radius 1 is 1.03 bits per heavy atom. The zero-order valence-corrected chi connectivity index (χ0v) is 16.7. The molecule has 0 aliphatic rings. The minimum atomic E-state index is -6.25. The van der Waals surface area contributed by atoms with Crippen LogP contribution in [0.4, 0.5) is 36.4 Å². The van der Waals surface area contributed by atoms with Crippen LogP contribution in [-0.2, 0) is 5.67 Å². The maximum atomic E-state index is 14.3. The van der Waals surface area contributed by atoms with Crippen LogP contribution in [0.2, 0.25) is 5.02 Å². The molecule has 0 atom stereocenters. The standard InChI is InChI=1S/C20H12ClF7N2O2/c1-10-9-11(18(22,19(23,24)25)20(26,27)28)5-6-14(10)30-16(31)15-12(3-2-4-13(15)21)17-29-7-8-32-17/h2-9H,1H3,(H,30,31). The Hall–Kier alpha value is -3.08. The third kappa shape index (κ3) is 4.04. The predicted octanol–water partition coefficient (Wildman–Crippen LogP) is 6.85. The second-order valence-corrected chi connectivity index (χ2v) is 7.04. The van der Waals surface area contributed by atoms with Crippen LogP contribution in [0.5, 0.6) is 0 Å². The van der Waals surface area contributed by atoms with Gasteiger partial charge in [-0.25, -0.2) is 9.37 Å². The lowest BCUT2D eigenvalue weighted by molar-refractivity contribution is -0.348. The number of oxazole rings is 1. The van der Waals surface area contributed by atoms with Gasteiger partial charge in [0, 0.05) is 11.3 Å². The summed E-state index contributed by atoms with van der Waals surface area (Å²) in [5.41, 5.74) is -7.52. The van der Waals surface area contributed by atoms with E-state index in [9.17, 15) is 35.5 Å². The molecule has 0 radical (unpaired) electrons. The molecule has 0 fully saturated rings. The van der Waals surface area contributed by atoms with Gasteiger partial charge in [-0.2, -0.15) is 26.3 Å². The number of hydrogen-bond acceptors (Lipinski definition) is 3. The molecular formula is C20H12ClF7N2O2. The van der Waals surface area contributed by atoms with Crippen molar-refractivity contribution in [2.24, 2.45) is 0 Å². The van der Waals surface area contributed by atoms with Crippen molar-refractivity contribution in [1.29, 1.82) is 0 Å². The first-order valence-electron chi connectivity index (χ1n) is 8.70. The highest BCUT2D eigenvalue weighted by molar-refractivity contribution is 6.35. The van der Waals surface area contributed by atoms with E-state index >= 15 is 0 Å². The van der Waals surface area contributed by atoms with Gasteiger partial charge < -0.3 is 9.73 Å². The van der Waals surface area contributed by atoms with Crippen molar-refractivity contribution in [1.82, 2.24) is 4.98 Å². The third-order valence-electron chi connectivity index (χ3n) is 4.56. The summed E-state index contributed by atoms with van der Waals surface area (Å²) in [4.78, 5) is 16.7. The average molecular weight is 481 g/mol. The summed E-state index contributed by atoms with van der Waals surface area (Å²) in [5, 5.41) is 2.34. The lowest BCUT2D eigenvalue weighted by Crippen LogP contribution is -2.50. The topological polar surface area (TPSA) is 55.1 Å². The van der Waals surface area contributed by atoms with Crippen molar-refractivity contribution in [3.05, 3.63) is 70.6 Å². The number of aromatic nitrogens is 1. The Morgan fingerprint density at radius 2 is 1.69 bits per heavy atom. The highest BCUT2D eigenvalue weighted by Crippen LogP contribution is 2.53. The zero-order chi connectivity index (χ0) is 23.9. The van der Waals surface area contributed by atoms with Crippen LogP contribution in [-0.4, -0.2) is 23.2 Å². The minimum Gasteiger partial charge on any atom is -0.445 e. The highest BCUT2D eigenvalue weighted by atomic mass is 35.5. The van der Waals surface area contributed by atoms with Gasteiger partial charge in [0.25, 0.3) is 5.91 Å². The summed E-state index contributed by atoms with van der Waals surface area (Å²) in [7, 11) is 0. The van der Waals surface area contributed by atoms with Crippen LogP contribution < -0.4 is 5.32 Å². The van der Waals surface area contributed by atoms with Crippen LogP contribution in [0, 0.1) is 6.92 Å². The molecule has 0 saturated heterocycles. The minimum absolute atomic E-state index is 0.00982. The first kappa shape index (κ1) is 23.6. The fourth-order valence-electron chi connectivity index (χ4n) is 2.98. The van der Waals surface area contributed by atoms with E-state index in [1.54, 1.807) is 0 Å². The summed E-state index contributed by atoms with van der Waals surface area (Å²) in [6.45, 7) is 1.12. The summed E-state index contributed by atoms with van der Waals surface area (Å²) < 4.78 is 97.3. The van der Waals surface area contributed by atoms with E-state index in [2.05, 4.69) is 10.3 Å². The molecule has 1 amide bonds. The Bertz CT molecular complexity index is 1130. The maximum absolute atomic E-state index is 14.3. The molecule has 4 nitrogen and oxygen atoms in total. The molecule has 0 aliphatic carbocycles. The van der Waals surface area contributed by atoms with Gasteiger partial charge in [-0.1, -0.05) is 29.8 Å². The van der Waals surface area contributed by atoms with E-state index in [-0.39, 0.29) is 33.3 Å². The largest absolute Gasteiger partial charge is 0.445 e. The van der Waals surface area contributed by atoms with E-state index in [4.69, 9.17) is 16.0 Å². The Kier molecular flexibility index (Phi) is 5.98. The molecule has 2 aromatic carbocycles. The summed E-state index contributed by atoms with van der Waals surface area (Å²) in [5.74, 6) is -0.778. The van der Waals surface area contributed by atoms with Gasteiger partial charge in [-0.05, 0) is 30.7 Å². The number of nitrogens with zero attached hydrogens (tertiary/aromatic N) is 1. The number of alkyl halides is 7. The van der Waals surface area contributed by atoms with E-state index in [1.165, 1.54) is 30.7 Å². The number of nitrogens with one attached hydrogen (secondary N) is 1. The lowest BCUT2D eigenvalue weighted by atomic mass is 9.92. The fourth-order valence-corrected chi connectivity index (χ4v) is 3.24. The van der Waals surface area contributed by atoms with Gasteiger partial charge >= 0.3 is 18.0 Å². The number of carbonyl (C=O) groups excluding carboxylic acids is 1. The molecule has 1 aromatic heterocycles. The second kappa shape index (κ2) is 8.12. The second-order valence-electron chi connectivity index (χ2n) is 6.64. The molecule has 32 heavy (non-hydrogen) atoms. The lowest BCUT2D eigenvalue weighted by Gasteiger charge is -2.30. The highest BCUT2D eigenvalue weighted by Gasteiger charge is 2.73. The molecule has 0 spiro atoms. The Morgan fingerprint density at radius 3 is 2.22 bits per heavy atom. The number of aryl methyl sites for hydroxylation is 1. The molecule has 3 aromatic rings. The number of hydrogen-bond donors (Lipinski definition) is 1. The number of halogens is 8. The van der Waals surface area contributed by atoms with Crippen LogP contribution in [0.15, 0.2) is 53.3 Å². The molecular weight excluding hydrogens is 469 g/mol. The maximum Gasteiger partial charge on any atom is 0.435 e. The molecule has 0 bridgehead atoms. The van der Waals surface area contributed by atoms with Crippen molar-refractivity contribution in [2.45, 2.75) is 24.9 Å². The van der Waals surface area contributed by atoms with Crippen LogP contribution in [0.25, 0.3) is 11.5 Å². The molecule has 0 unspecified atom stereocenters. The number of carbonyl (C=O) groups is 1. The number of amides is 1. The smallest absolute Gasteiger partial charge is 0.435 e. The number of rotatable bonds is 4. The van der Waals surface area contributed by atoms with Gasteiger partial charge in [-0.15, -0.1) is 0 Å². The quantitative estimate of drug-likeness (QED) is 0.416. The normalized spacial score (nSPS) is 12.7. The van der Waals surface area contributed by atoms with Crippen molar-refractivity contribution in [3.8, 4) is 11.5 Å². The van der Waals surface area contributed by atoms with Crippen molar-refractivity contribution < 1.29 is 39.9 Å². The van der Waals surface area contributed by atoms with E-state index < -0.39 is 29.5 Å². The van der Waals surface area contributed by atoms with Crippen LogP contribution in [0.3, 0.4) is 0 Å². The molecule has 12 heteroatoms. The Balaban J connectivity index is 1.99. The molecule has 1 N–H and O–H groups in total. The first-order valence-corrected chi connectivity index (χ1v) is 9.08. The summed E-state index contributed by atoms with van der Waals surface area (Å²) in [6, 6.07) is 5.82. The van der Waals surface area contributed by atoms with E-state index in [0.717, 1.165) is 13.0 Å². The van der Waals surface area contributed by atoms with Crippen molar-refractivity contribution >= 4 is 23.2 Å². The predicted molar refractivity (Wildman–Crippen MR) is 101 cm³/mol. The monoisotopic (exact) mass is 480 g/mol. The van der Waals surface area contributed by atoms with Gasteiger partial charge in [0.05, 0.1) is 22.3 Å². The third-order valence-corrected chi connectivity index (χ3v) is 4.87. The first-order chi connectivity index (χ1) is 14.8. The number of benzene rings is 2. The van der Waals surface area contributed by atoms with Crippen molar-refractivity contribution in [2.75, 3.05) is 5.32 Å². The molecule has 1 heterocycles. The summed E-state index contributed by atoms with van der Waals surface area (Å²) >= 11 is 6.10. The van der Waals surface area contributed by atoms with Crippen LogP contribution >= 0.6 is 11.6 Å². The van der Waals surface area contributed by atoms with Gasteiger partial charge in [-0.3, -0.25) is 4.79 Å².